The van der Waals surface area contributed by atoms with Gasteiger partial charge in [-0.1, -0.05) is 12.8 Å². The Bertz CT molecular complexity index is 436. The molecule has 0 radical (unpaired) electrons. The van der Waals surface area contributed by atoms with Crippen molar-refractivity contribution in [3.05, 3.63) is 18.7 Å². The maximum Gasteiger partial charge on any atom is 0.240 e. The molecular formula is C14H22N4O. The van der Waals surface area contributed by atoms with E-state index in [-0.39, 0.29) is 11.9 Å². The fraction of sp³-hybridized carbons (Fsp3) is 0.714. The average Bonchev–Trinajstić information content (AvgIpc) is 3.08. The highest BCUT2D eigenvalue weighted by Crippen LogP contribution is 2.32. The molecule has 104 valence electrons. The molecule has 1 aromatic heterocycles. The molecule has 2 unspecified atom stereocenters. The number of nitrogens with zero attached hydrogens (tertiary/aromatic N) is 2. The van der Waals surface area contributed by atoms with Crippen molar-refractivity contribution in [3.63, 3.8) is 0 Å². The van der Waals surface area contributed by atoms with E-state index in [0.717, 1.165) is 44.9 Å². The summed E-state index contributed by atoms with van der Waals surface area (Å²) in [7, 11) is 0. The molecule has 0 aliphatic heterocycles. The van der Waals surface area contributed by atoms with Gasteiger partial charge in [-0.05, 0) is 32.1 Å². The lowest BCUT2D eigenvalue weighted by Gasteiger charge is -2.28. The molecule has 3 N–H and O–H groups in total. The zero-order valence-corrected chi connectivity index (χ0v) is 11.2. The maximum atomic E-state index is 12.4. The summed E-state index contributed by atoms with van der Waals surface area (Å²) in [5, 5.41) is 3.19. The van der Waals surface area contributed by atoms with Gasteiger partial charge >= 0.3 is 0 Å². The number of rotatable bonds is 3. The van der Waals surface area contributed by atoms with Crippen LogP contribution in [0.3, 0.4) is 0 Å². The van der Waals surface area contributed by atoms with E-state index in [1.165, 1.54) is 0 Å². The molecule has 2 aliphatic carbocycles. The summed E-state index contributed by atoms with van der Waals surface area (Å²) < 4.78 is 2.11. The number of aromatic nitrogens is 2. The van der Waals surface area contributed by atoms with Crippen LogP contribution in [0.4, 0.5) is 0 Å². The van der Waals surface area contributed by atoms with Crippen LogP contribution in [-0.4, -0.2) is 27.0 Å². The summed E-state index contributed by atoms with van der Waals surface area (Å²) in [6.45, 7) is 0. The van der Waals surface area contributed by atoms with Gasteiger partial charge in [0.25, 0.3) is 0 Å². The van der Waals surface area contributed by atoms with Crippen LogP contribution in [0.2, 0.25) is 0 Å². The number of hydrogen-bond acceptors (Lipinski definition) is 3. The van der Waals surface area contributed by atoms with Crippen molar-refractivity contribution in [2.24, 2.45) is 5.73 Å². The Hall–Kier alpha value is -1.36. The zero-order chi connectivity index (χ0) is 13.3. The lowest BCUT2D eigenvalue weighted by Crippen LogP contribution is -2.55. The van der Waals surface area contributed by atoms with Crippen molar-refractivity contribution >= 4 is 5.91 Å². The van der Waals surface area contributed by atoms with E-state index in [2.05, 4.69) is 14.9 Å². The van der Waals surface area contributed by atoms with Crippen molar-refractivity contribution in [1.82, 2.24) is 14.9 Å². The number of nitrogens with two attached hydrogens (primary N) is 1. The third-order valence-electron chi connectivity index (χ3n) is 4.65. The highest BCUT2D eigenvalue weighted by molar-refractivity contribution is 5.86. The van der Waals surface area contributed by atoms with E-state index in [9.17, 15) is 4.79 Å². The van der Waals surface area contributed by atoms with Crippen molar-refractivity contribution in [2.45, 2.75) is 62.6 Å². The molecule has 2 atom stereocenters. The van der Waals surface area contributed by atoms with Gasteiger partial charge in [0, 0.05) is 18.4 Å². The molecule has 2 aliphatic rings. The molecule has 2 fully saturated rings. The van der Waals surface area contributed by atoms with Gasteiger partial charge in [-0.3, -0.25) is 4.79 Å². The molecule has 0 aromatic carbocycles. The Morgan fingerprint density at radius 3 is 2.79 bits per heavy atom. The standard InChI is InChI=1S/C14H22N4O/c15-14(6-1-2-7-14)13(19)17-11-4-3-5-12(11)18-9-8-16-10-18/h8-12H,1-7,15H2,(H,17,19). The molecular weight excluding hydrogens is 240 g/mol. The van der Waals surface area contributed by atoms with Crippen molar-refractivity contribution in [1.29, 1.82) is 0 Å². The lowest BCUT2D eigenvalue weighted by atomic mass is 9.97. The number of imidazole rings is 1. The predicted octanol–water partition coefficient (Wildman–Crippen LogP) is 1.36. The van der Waals surface area contributed by atoms with E-state index in [0.29, 0.717) is 6.04 Å². The highest BCUT2D eigenvalue weighted by Gasteiger charge is 2.39. The van der Waals surface area contributed by atoms with E-state index < -0.39 is 5.54 Å². The molecule has 0 bridgehead atoms. The Morgan fingerprint density at radius 2 is 2.11 bits per heavy atom. The van der Waals surface area contributed by atoms with Crippen LogP contribution in [0.25, 0.3) is 0 Å². The van der Waals surface area contributed by atoms with Crippen LogP contribution < -0.4 is 11.1 Å². The van der Waals surface area contributed by atoms with Gasteiger partial charge < -0.3 is 15.6 Å². The maximum absolute atomic E-state index is 12.4. The predicted molar refractivity (Wildman–Crippen MR) is 72.4 cm³/mol. The molecule has 0 saturated heterocycles. The number of nitrogens with one attached hydrogen (secondary N) is 1. The SMILES string of the molecule is NC1(C(=O)NC2CCCC2n2ccnc2)CCCC1. The summed E-state index contributed by atoms with van der Waals surface area (Å²) in [6.07, 6.45) is 12.7. The minimum Gasteiger partial charge on any atom is -0.350 e. The molecule has 2 saturated carbocycles. The monoisotopic (exact) mass is 262 g/mol. The first-order valence-electron chi connectivity index (χ1n) is 7.26. The first kappa shape index (κ1) is 12.7. The third kappa shape index (κ3) is 2.39. The van der Waals surface area contributed by atoms with Crippen LogP contribution in [0.5, 0.6) is 0 Å². The van der Waals surface area contributed by atoms with Crippen molar-refractivity contribution < 1.29 is 4.79 Å². The van der Waals surface area contributed by atoms with E-state index in [1.807, 2.05) is 12.5 Å². The van der Waals surface area contributed by atoms with Crippen LogP contribution in [-0.2, 0) is 4.79 Å². The van der Waals surface area contributed by atoms with Crippen molar-refractivity contribution in [2.75, 3.05) is 0 Å². The quantitative estimate of drug-likeness (QED) is 0.864. The van der Waals surface area contributed by atoms with E-state index in [4.69, 9.17) is 5.73 Å². The van der Waals surface area contributed by atoms with Gasteiger partial charge in [0.1, 0.15) is 0 Å². The molecule has 5 heteroatoms. The van der Waals surface area contributed by atoms with E-state index >= 15 is 0 Å². The molecule has 19 heavy (non-hydrogen) atoms. The van der Waals surface area contributed by atoms with Crippen LogP contribution >= 0.6 is 0 Å². The minimum absolute atomic E-state index is 0.0435. The average molecular weight is 262 g/mol. The van der Waals surface area contributed by atoms with Gasteiger partial charge in [-0.2, -0.15) is 0 Å². The van der Waals surface area contributed by atoms with Gasteiger partial charge in [0.15, 0.2) is 0 Å². The highest BCUT2D eigenvalue weighted by atomic mass is 16.2. The molecule has 1 amide bonds. The molecule has 1 aromatic rings. The second-order valence-corrected chi connectivity index (χ2v) is 5.95. The van der Waals surface area contributed by atoms with Crippen LogP contribution in [0.15, 0.2) is 18.7 Å². The zero-order valence-electron chi connectivity index (χ0n) is 11.2. The lowest BCUT2D eigenvalue weighted by molar-refractivity contribution is -0.127. The molecule has 1 heterocycles. The summed E-state index contributed by atoms with van der Waals surface area (Å²) >= 11 is 0. The Labute approximate surface area is 113 Å². The topological polar surface area (TPSA) is 72.9 Å². The summed E-state index contributed by atoms with van der Waals surface area (Å²) in [4.78, 5) is 16.5. The molecule has 0 spiro atoms. The number of carbonyl (C=O) groups is 1. The molecule has 5 nitrogen and oxygen atoms in total. The first-order valence-corrected chi connectivity index (χ1v) is 7.26. The first-order chi connectivity index (χ1) is 9.19. The third-order valence-corrected chi connectivity index (χ3v) is 4.65. The molecule has 3 rings (SSSR count). The van der Waals surface area contributed by atoms with Gasteiger partial charge in [0.05, 0.1) is 17.9 Å². The van der Waals surface area contributed by atoms with Gasteiger partial charge in [-0.15, -0.1) is 0 Å². The number of carbonyl (C=O) groups excluding carboxylic acids is 1. The Morgan fingerprint density at radius 1 is 1.32 bits per heavy atom. The van der Waals surface area contributed by atoms with E-state index in [1.54, 1.807) is 6.20 Å². The largest absolute Gasteiger partial charge is 0.350 e. The second kappa shape index (κ2) is 4.96. The summed E-state index contributed by atoms with van der Waals surface area (Å²) in [6, 6.07) is 0.527. The van der Waals surface area contributed by atoms with Crippen LogP contribution in [0, 0.1) is 0 Å². The summed E-state index contributed by atoms with van der Waals surface area (Å²) in [5.74, 6) is 0.0435. The van der Waals surface area contributed by atoms with Gasteiger partial charge in [-0.25, -0.2) is 4.98 Å². The fourth-order valence-electron chi connectivity index (χ4n) is 3.48. The normalized spacial score (nSPS) is 29.5. The Balaban J connectivity index is 1.67. The Kier molecular flexibility index (Phi) is 3.31. The summed E-state index contributed by atoms with van der Waals surface area (Å²) in [5.41, 5.74) is 5.59. The second-order valence-electron chi connectivity index (χ2n) is 5.95. The number of amides is 1. The minimum atomic E-state index is -0.623. The smallest absolute Gasteiger partial charge is 0.240 e. The van der Waals surface area contributed by atoms with Gasteiger partial charge in [0.2, 0.25) is 5.91 Å². The van der Waals surface area contributed by atoms with Crippen LogP contribution in [0.1, 0.15) is 51.0 Å². The van der Waals surface area contributed by atoms with Crippen molar-refractivity contribution in [3.8, 4) is 0 Å². The number of hydrogen-bond donors (Lipinski definition) is 2. The fourth-order valence-corrected chi connectivity index (χ4v) is 3.48.